The number of aliphatic carboxylic acids is 1. The maximum absolute atomic E-state index is 12.3. The fourth-order valence-electron chi connectivity index (χ4n) is 2.98. The number of rotatable bonds is 2. The van der Waals surface area contributed by atoms with Crippen molar-refractivity contribution in [3.8, 4) is 0 Å². The Morgan fingerprint density at radius 2 is 1.95 bits per heavy atom. The number of carbonyl (C=O) groups is 2. The van der Waals surface area contributed by atoms with Crippen molar-refractivity contribution in [2.24, 2.45) is 5.92 Å². The van der Waals surface area contributed by atoms with E-state index < -0.39 is 11.5 Å². The molecular weight excluding hydrogens is 258 g/mol. The first kappa shape index (κ1) is 15.1. The molecule has 2 amide bonds. The van der Waals surface area contributed by atoms with Crippen LogP contribution in [-0.4, -0.2) is 53.7 Å². The van der Waals surface area contributed by atoms with Crippen molar-refractivity contribution in [1.82, 2.24) is 15.5 Å². The SMILES string of the molecule is CC1CCC(NC(=O)N2CCCNCC2)(C(=O)O)CC1. The van der Waals surface area contributed by atoms with E-state index in [0.29, 0.717) is 31.8 Å². The van der Waals surface area contributed by atoms with Crippen LogP contribution in [0.1, 0.15) is 39.0 Å². The summed E-state index contributed by atoms with van der Waals surface area (Å²) in [4.78, 5) is 25.7. The highest BCUT2D eigenvalue weighted by Gasteiger charge is 2.43. The zero-order valence-electron chi connectivity index (χ0n) is 12.2. The highest BCUT2D eigenvalue weighted by molar-refractivity contribution is 5.86. The largest absolute Gasteiger partial charge is 0.480 e. The van der Waals surface area contributed by atoms with E-state index in [1.54, 1.807) is 4.90 Å². The zero-order chi connectivity index (χ0) is 14.6. The number of nitrogens with one attached hydrogen (secondary N) is 2. The summed E-state index contributed by atoms with van der Waals surface area (Å²) in [7, 11) is 0. The lowest BCUT2D eigenvalue weighted by molar-refractivity contribution is -0.146. The molecule has 20 heavy (non-hydrogen) atoms. The lowest BCUT2D eigenvalue weighted by atomic mass is 9.77. The molecule has 0 aromatic rings. The van der Waals surface area contributed by atoms with Crippen LogP contribution >= 0.6 is 0 Å². The van der Waals surface area contributed by atoms with Gasteiger partial charge in [-0.25, -0.2) is 9.59 Å². The summed E-state index contributed by atoms with van der Waals surface area (Å²) in [5.41, 5.74) is -1.07. The Bertz CT molecular complexity index is 357. The van der Waals surface area contributed by atoms with Crippen LogP contribution in [0.5, 0.6) is 0 Å². The Morgan fingerprint density at radius 1 is 1.25 bits per heavy atom. The molecule has 1 saturated heterocycles. The lowest BCUT2D eigenvalue weighted by Gasteiger charge is -2.37. The molecule has 3 N–H and O–H groups in total. The molecule has 0 unspecified atom stereocenters. The van der Waals surface area contributed by atoms with Crippen molar-refractivity contribution in [1.29, 1.82) is 0 Å². The van der Waals surface area contributed by atoms with E-state index >= 15 is 0 Å². The molecule has 0 radical (unpaired) electrons. The van der Waals surface area contributed by atoms with E-state index in [4.69, 9.17) is 0 Å². The summed E-state index contributed by atoms with van der Waals surface area (Å²) < 4.78 is 0. The fraction of sp³-hybridized carbons (Fsp3) is 0.857. The van der Waals surface area contributed by atoms with Crippen LogP contribution in [0, 0.1) is 5.92 Å². The number of carboxylic acid groups (broad SMARTS) is 1. The molecule has 1 aliphatic heterocycles. The van der Waals surface area contributed by atoms with Gasteiger partial charge in [0, 0.05) is 19.6 Å². The van der Waals surface area contributed by atoms with Gasteiger partial charge in [0.05, 0.1) is 0 Å². The summed E-state index contributed by atoms with van der Waals surface area (Å²) in [5.74, 6) is -0.354. The number of carboxylic acids is 1. The van der Waals surface area contributed by atoms with Gasteiger partial charge in [0.25, 0.3) is 0 Å². The molecule has 0 aromatic heterocycles. The van der Waals surface area contributed by atoms with Crippen molar-refractivity contribution in [2.45, 2.75) is 44.6 Å². The second-order valence-corrected chi connectivity index (χ2v) is 6.09. The average molecular weight is 283 g/mol. The first-order valence-electron chi connectivity index (χ1n) is 7.55. The van der Waals surface area contributed by atoms with Gasteiger partial charge in [-0.05, 0) is 44.6 Å². The van der Waals surface area contributed by atoms with Crippen LogP contribution < -0.4 is 10.6 Å². The Labute approximate surface area is 119 Å². The van der Waals surface area contributed by atoms with Crippen LogP contribution in [0.3, 0.4) is 0 Å². The maximum atomic E-state index is 12.3. The summed E-state index contributed by atoms with van der Waals surface area (Å²) in [6.07, 6.45) is 3.68. The number of hydrogen-bond donors (Lipinski definition) is 3. The molecule has 2 rings (SSSR count). The lowest BCUT2D eigenvalue weighted by Crippen LogP contribution is -2.59. The molecule has 1 heterocycles. The summed E-state index contributed by atoms with van der Waals surface area (Å²) in [6, 6.07) is -0.231. The van der Waals surface area contributed by atoms with Gasteiger partial charge in [-0.2, -0.15) is 0 Å². The monoisotopic (exact) mass is 283 g/mol. The van der Waals surface area contributed by atoms with Crippen molar-refractivity contribution in [3.05, 3.63) is 0 Å². The Morgan fingerprint density at radius 3 is 2.60 bits per heavy atom. The number of amides is 2. The maximum Gasteiger partial charge on any atom is 0.329 e. The molecule has 0 bridgehead atoms. The van der Waals surface area contributed by atoms with Crippen molar-refractivity contribution in [3.63, 3.8) is 0 Å². The van der Waals surface area contributed by atoms with Gasteiger partial charge >= 0.3 is 12.0 Å². The van der Waals surface area contributed by atoms with Crippen molar-refractivity contribution in [2.75, 3.05) is 26.2 Å². The zero-order valence-corrected chi connectivity index (χ0v) is 12.2. The number of nitrogens with zero attached hydrogens (tertiary/aromatic N) is 1. The highest BCUT2D eigenvalue weighted by Crippen LogP contribution is 2.32. The first-order chi connectivity index (χ1) is 9.53. The van der Waals surface area contributed by atoms with Gasteiger partial charge < -0.3 is 20.6 Å². The Balaban J connectivity index is 2.00. The minimum Gasteiger partial charge on any atom is -0.480 e. The van der Waals surface area contributed by atoms with Crippen molar-refractivity contribution >= 4 is 12.0 Å². The summed E-state index contributed by atoms with van der Waals surface area (Å²) >= 11 is 0. The van der Waals surface area contributed by atoms with Crippen LogP contribution in [0.2, 0.25) is 0 Å². The average Bonchev–Trinajstić information content (AvgIpc) is 2.70. The molecule has 1 aliphatic carbocycles. The predicted molar refractivity (Wildman–Crippen MR) is 75.6 cm³/mol. The molecule has 6 heteroatoms. The molecule has 2 fully saturated rings. The number of hydrogen-bond acceptors (Lipinski definition) is 3. The number of urea groups is 1. The van der Waals surface area contributed by atoms with E-state index in [9.17, 15) is 14.7 Å². The summed E-state index contributed by atoms with van der Waals surface area (Å²) in [5, 5.41) is 15.6. The molecule has 0 atom stereocenters. The minimum atomic E-state index is -1.07. The molecule has 1 saturated carbocycles. The van der Waals surface area contributed by atoms with Gasteiger partial charge in [-0.1, -0.05) is 6.92 Å². The van der Waals surface area contributed by atoms with E-state index in [0.717, 1.165) is 32.4 Å². The number of carbonyl (C=O) groups excluding carboxylic acids is 1. The molecule has 0 spiro atoms. The quantitative estimate of drug-likeness (QED) is 0.707. The Kier molecular flexibility index (Phi) is 4.86. The van der Waals surface area contributed by atoms with Crippen LogP contribution in [0.15, 0.2) is 0 Å². The van der Waals surface area contributed by atoms with E-state index in [1.165, 1.54) is 0 Å². The van der Waals surface area contributed by atoms with Gasteiger partial charge in [-0.15, -0.1) is 0 Å². The first-order valence-corrected chi connectivity index (χ1v) is 7.55. The van der Waals surface area contributed by atoms with Crippen LogP contribution in [0.4, 0.5) is 4.79 Å². The minimum absolute atomic E-state index is 0.231. The topological polar surface area (TPSA) is 81.7 Å². The van der Waals surface area contributed by atoms with E-state index in [-0.39, 0.29) is 6.03 Å². The standard InChI is InChI=1S/C14H25N3O3/c1-11-3-5-14(6-4-11,12(18)19)16-13(20)17-9-2-7-15-8-10-17/h11,15H,2-10H2,1H3,(H,16,20)(H,18,19). The third-order valence-corrected chi connectivity index (χ3v) is 4.51. The summed E-state index contributed by atoms with van der Waals surface area (Å²) in [6.45, 7) is 5.13. The molecular formula is C14H25N3O3. The van der Waals surface area contributed by atoms with Crippen molar-refractivity contribution < 1.29 is 14.7 Å². The second-order valence-electron chi connectivity index (χ2n) is 6.09. The Hall–Kier alpha value is -1.30. The predicted octanol–water partition coefficient (Wildman–Crippen LogP) is 1.02. The van der Waals surface area contributed by atoms with E-state index in [1.807, 2.05) is 0 Å². The fourth-order valence-corrected chi connectivity index (χ4v) is 2.98. The normalized spacial score (nSPS) is 31.4. The van der Waals surface area contributed by atoms with Gasteiger partial charge in [0.15, 0.2) is 0 Å². The third-order valence-electron chi connectivity index (χ3n) is 4.51. The molecule has 6 nitrogen and oxygen atoms in total. The third kappa shape index (κ3) is 3.42. The van der Waals surface area contributed by atoms with Crippen LogP contribution in [0.25, 0.3) is 0 Å². The molecule has 0 aromatic carbocycles. The molecule has 114 valence electrons. The molecule has 2 aliphatic rings. The van der Waals surface area contributed by atoms with Gasteiger partial charge in [-0.3, -0.25) is 0 Å². The van der Waals surface area contributed by atoms with E-state index in [2.05, 4.69) is 17.6 Å². The smallest absolute Gasteiger partial charge is 0.329 e. The second kappa shape index (κ2) is 6.43. The highest BCUT2D eigenvalue weighted by atomic mass is 16.4. The van der Waals surface area contributed by atoms with Crippen LogP contribution in [-0.2, 0) is 4.79 Å². The van der Waals surface area contributed by atoms with Gasteiger partial charge in [0.2, 0.25) is 0 Å². The van der Waals surface area contributed by atoms with Gasteiger partial charge in [0.1, 0.15) is 5.54 Å².